The lowest BCUT2D eigenvalue weighted by atomic mass is 10.00. The second-order valence-corrected chi connectivity index (χ2v) is 5.67. The molecule has 1 aromatic carbocycles. The molecular weight excluding hydrogens is 311 g/mol. The van der Waals surface area contributed by atoms with Crippen LogP contribution < -0.4 is 4.90 Å². The first-order chi connectivity index (χ1) is 10.0. The van der Waals surface area contributed by atoms with E-state index in [1.165, 1.54) is 6.20 Å². The van der Waals surface area contributed by atoms with Crippen molar-refractivity contribution >= 4 is 34.8 Å². The van der Waals surface area contributed by atoms with Crippen molar-refractivity contribution in [2.45, 2.75) is 13.0 Å². The quantitative estimate of drug-likeness (QED) is 0.924. The van der Waals surface area contributed by atoms with Crippen LogP contribution in [-0.4, -0.2) is 23.0 Å². The van der Waals surface area contributed by atoms with Crippen LogP contribution in [0.25, 0.3) is 11.1 Å². The fourth-order valence-electron chi connectivity index (χ4n) is 2.53. The van der Waals surface area contributed by atoms with Gasteiger partial charge in [-0.15, -0.1) is 0 Å². The molecule has 2 aromatic rings. The third-order valence-electron chi connectivity index (χ3n) is 3.66. The molecule has 1 N–H and O–H groups in total. The number of anilines is 1. The highest BCUT2D eigenvalue weighted by molar-refractivity contribution is 6.35. The fraction of sp³-hybridized carbons (Fsp3) is 0.200. The molecule has 0 spiro atoms. The van der Waals surface area contributed by atoms with Crippen LogP contribution in [0.2, 0.25) is 10.0 Å². The fourth-order valence-corrected chi connectivity index (χ4v) is 3.02. The molecule has 1 aliphatic heterocycles. The van der Waals surface area contributed by atoms with E-state index in [0.717, 1.165) is 16.8 Å². The van der Waals surface area contributed by atoms with E-state index in [2.05, 4.69) is 4.98 Å². The van der Waals surface area contributed by atoms with E-state index in [-0.39, 0.29) is 18.9 Å². The molecule has 0 unspecified atom stereocenters. The largest absolute Gasteiger partial charge is 0.390 e. The van der Waals surface area contributed by atoms with Crippen LogP contribution in [0, 0.1) is 0 Å². The lowest BCUT2D eigenvalue weighted by Gasteiger charge is -2.14. The third-order valence-corrected chi connectivity index (χ3v) is 4.30. The first kappa shape index (κ1) is 14.3. The van der Waals surface area contributed by atoms with Gasteiger partial charge in [-0.3, -0.25) is 9.78 Å². The van der Waals surface area contributed by atoms with Gasteiger partial charge in [0.2, 0.25) is 5.91 Å². The van der Waals surface area contributed by atoms with Gasteiger partial charge in [-0.25, -0.2) is 0 Å². The van der Waals surface area contributed by atoms with E-state index in [1.807, 2.05) is 12.1 Å². The van der Waals surface area contributed by atoms with Crippen molar-refractivity contribution in [2.75, 3.05) is 11.9 Å². The second kappa shape index (κ2) is 5.30. The van der Waals surface area contributed by atoms with E-state index in [1.54, 1.807) is 18.0 Å². The first-order valence-corrected chi connectivity index (χ1v) is 7.12. The van der Waals surface area contributed by atoms with Crippen molar-refractivity contribution in [1.82, 2.24) is 4.98 Å². The molecule has 1 aromatic heterocycles. The van der Waals surface area contributed by atoms with E-state index in [0.29, 0.717) is 21.3 Å². The summed E-state index contributed by atoms with van der Waals surface area (Å²) < 4.78 is 0. The minimum atomic E-state index is -0.210. The van der Waals surface area contributed by atoms with Crippen molar-refractivity contribution in [3.05, 3.63) is 45.7 Å². The maximum absolute atomic E-state index is 11.8. The van der Waals surface area contributed by atoms with Gasteiger partial charge in [0, 0.05) is 35.6 Å². The maximum Gasteiger partial charge on any atom is 0.231 e. The Morgan fingerprint density at radius 2 is 2.10 bits per heavy atom. The van der Waals surface area contributed by atoms with E-state index < -0.39 is 0 Å². The molecule has 6 heteroatoms. The number of benzene rings is 1. The number of nitrogens with zero attached hydrogens (tertiary/aromatic N) is 2. The van der Waals surface area contributed by atoms with Crippen molar-refractivity contribution in [1.29, 1.82) is 0 Å². The van der Waals surface area contributed by atoms with Gasteiger partial charge in [-0.05, 0) is 12.1 Å². The smallest absolute Gasteiger partial charge is 0.231 e. The van der Waals surface area contributed by atoms with Crippen molar-refractivity contribution in [3.63, 3.8) is 0 Å². The van der Waals surface area contributed by atoms with E-state index in [4.69, 9.17) is 23.2 Å². The lowest BCUT2D eigenvalue weighted by Crippen LogP contribution is -2.20. The first-order valence-electron chi connectivity index (χ1n) is 6.36. The van der Waals surface area contributed by atoms with E-state index in [9.17, 15) is 9.90 Å². The third kappa shape index (κ3) is 2.29. The number of pyridine rings is 1. The number of rotatable bonds is 2. The SMILES string of the molecule is CN1C(=O)Cc2c1ccc(-c1cc(Cl)cnc1CO)c2Cl. The molecule has 1 aliphatic rings. The van der Waals surface area contributed by atoms with Gasteiger partial charge in [0.15, 0.2) is 0 Å². The number of aliphatic hydroxyl groups excluding tert-OH is 1. The molecule has 0 saturated heterocycles. The van der Waals surface area contributed by atoms with Crippen LogP contribution in [0.4, 0.5) is 5.69 Å². The Labute approximate surface area is 131 Å². The van der Waals surface area contributed by atoms with Gasteiger partial charge in [-0.2, -0.15) is 0 Å². The highest BCUT2D eigenvalue weighted by atomic mass is 35.5. The molecule has 2 heterocycles. The molecule has 0 atom stereocenters. The molecular formula is C15H12Cl2N2O2. The summed E-state index contributed by atoms with van der Waals surface area (Å²) in [6, 6.07) is 5.39. The van der Waals surface area contributed by atoms with Gasteiger partial charge in [-0.1, -0.05) is 29.3 Å². The summed E-state index contributed by atoms with van der Waals surface area (Å²) in [7, 11) is 1.73. The van der Waals surface area contributed by atoms with Gasteiger partial charge >= 0.3 is 0 Å². The number of amides is 1. The number of halogens is 2. The van der Waals surface area contributed by atoms with Crippen LogP contribution in [-0.2, 0) is 17.8 Å². The number of hydrogen-bond donors (Lipinski definition) is 1. The predicted octanol–water partition coefficient (Wildman–Crippen LogP) is 3.07. The molecule has 0 bridgehead atoms. The molecule has 4 nitrogen and oxygen atoms in total. The molecule has 0 fully saturated rings. The topological polar surface area (TPSA) is 53.4 Å². The standard InChI is InChI=1S/C15H12Cl2N2O2/c1-19-13-3-2-9(15(17)11(13)5-14(19)21)10-4-8(16)6-18-12(10)7-20/h2-4,6,20H,5,7H2,1H3. The number of carbonyl (C=O) groups excluding carboxylic acids is 1. The van der Waals surface area contributed by atoms with Crippen LogP contribution in [0.1, 0.15) is 11.3 Å². The minimum absolute atomic E-state index is 0.00986. The summed E-state index contributed by atoms with van der Waals surface area (Å²) in [6.45, 7) is -0.210. The number of aliphatic hydroxyl groups is 1. The zero-order valence-electron chi connectivity index (χ0n) is 11.2. The monoisotopic (exact) mass is 322 g/mol. The minimum Gasteiger partial charge on any atom is -0.390 e. The van der Waals surface area contributed by atoms with Crippen molar-refractivity contribution in [2.24, 2.45) is 0 Å². The summed E-state index contributed by atoms with van der Waals surface area (Å²) in [5.74, 6) is 0.00986. The summed E-state index contributed by atoms with van der Waals surface area (Å²) >= 11 is 12.5. The Hall–Kier alpha value is -1.62. The number of carbonyl (C=O) groups is 1. The average molecular weight is 323 g/mol. The zero-order valence-corrected chi connectivity index (χ0v) is 12.7. The van der Waals surface area contributed by atoms with Crippen LogP contribution in [0.5, 0.6) is 0 Å². The maximum atomic E-state index is 11.8. The Bertz CT molecular complexity index is 747. The molecule has 3 rings (SSSR count). The van der Waals surface area contributed by atoms with Gasteiger partial charge in [0.25, 0.3) is 0 Å². The number of fused-ring (bicyclic) bond motifs is 1. The summed E-state index contributed by atoms with van der Waals surface area (Å²) in [5, 5.41) is 10.4. The normalized spacial score (nSPS) is 13.7. The molecule has 0 saturated carbocycles. The molecule has 1 amide bonds. The molecule has 0 aliphatic carbocycles. The number of likely N-dealkylation sites (N-methyl/N-ethyl adjacent to an activating group) is 1. The van der Waals surface area contributed by atoms with Crippen LogP contribution in [0.15, 0.2) is 24.4 Å². The number of hydrogen-bond acceptors (Lipinski definition) is 3. The zero-order chi connectivity index (χ0) is 15.1. The Balaban J connectivity index is 2.20. The average Bonchev–Trinajstić information content (AvgIpc) is 2.76. The van der Waals surface area contributed by atoms with E-state index >= 15 is 0 Å². The summed E-state index contributed by atoms with van der Waals surface area (Å²) in [6.07, 6.45) is 1.76. The molecule has 21 heavy (non-hydrogen) atoms. The highest BCUT2D eigenvalue weighted by Crippen LogP contribution is 2.40. The number of aromatic nitrogens is 1. The predicted molar refractivity (Wildman–Crippen MR) is 82.7 cm³/mol. The van der Waals surface area contributed by atoms with Crippen molar-refractivity contribution < 1.29 is 9.90 Å². The summed E-state index contributed by atoms with van der Waals surface area (Å²) in [4.78, 5) is 17.5. The van der Waals surface area contributed by atoms with Crippen molar-refractivity contribution in [3.8, 4) is 11.1 Å². The van der Waals surface area contributed by atoms with Gasteiger partial charge in [0.1, 0.15) is 0 Å². The molecule has 0 radical (unpaired) electrons. The Kier molecular flexibility index (Phi) is 3.61. The summed E-state index contributed by atoms with van der Waals surface area (Å²) in [5.41, 5.74) is 3.51. The van der Waals surface area contributed by atoms with Crippen LogP contribution >= 0.6 is 23.2 Å². The Morgan fingerprint density at radius 3 is 2.81 bits per heavy atom. The van der Waals surface area contributed by atoms with Gasteiger partial charge in [0.05, 0.1) is 28.8 Å². The molecule has 108 valence electrons. The highest BCUT2D eigenvalue weighted by Gasteiger charge is 2.28. The van der Waals surface area contributed by atoms with Crippen LogP contribution in [0.3, 0.4) is 0 Å². The Morgan fingerprint density at radius 1 is 1.33 bits per heavy atom. The van der Waals surface area contributed by atoms with Gasteiger partial charge < -0.3 is 10.0 Å². The lowest BCUT2D eigenvalue weighted by molar-refractivity contribution is -0.117. The second-order valence-electron chi connectivity index (χ2n) is 4.86.